The summed E-state index contributed by atoms with van der Waals surface area (Å²) < 4.78 is 0. The molecule has 0 spiro atoms. The van der Waals surface area contributed by atoms with Crippen LogP contribution in [0.5, 0.6) is 0 Å². The summed E-state index contributed by atoms with van der Waals surface area (Å²) in [5, 5.41) is 7.85. The zero-order valence-electron chi connectivity index (χ0n) is 14.5. The summed E-state index contributed by atoms with van der Waals surface area (Å²) in [6, 6.07) is 11.0. The van der Waals surface area contributed by atoms with Gasteiger partial charge in [-0.3, -0.25) is 9.59 Å². The number of amides is 2. The number of carbonyl (C=O) groups is 2. The molecule has 1 fully saturated rings. The third-order valence-corrected chi connectivity index (χ3v) is 5.76. The van der Waals surface area contributed by atoms with Crippen LogP contribution in [-0.4, -0.2) is 17.9 Å². The van der Waals surface area contributed by atoms with Crippen LogP contribution in [0.4, 0.5) is 5.69 Å². The van der Waals surface area contributed by atoms with Crippen molar-refractivity contribution in [2.24, 2.45) is 5.92 Å². The second-order valence-corrected chi connectivity index (χ2v) is 7.56. The molecule has 5 heteroatoms. The summed E-state index contributed by atoms with van der Waals surface area (Å²) in [5.74, 6) is 0.599. The predicted octanol–water partition coefficient (Wildman–Crippen LogP) is 4.70. The molecule has 1 aliphatic rings. The van der Waals surface area contributed by atoms with Gasteiger partial charge in [-0.1, -0.05) is 25.5 Å². The molecule has 2 amide bonds. The zero-order valence-corrected chi connectivity index (χ0v) is 15.3. The summed E-state index contributed by atoms with van der Waals surface area (Å²) in [7, 11) is 0. The lowest BCUT2D eigenvalue weighted by Crippen LogP contribution is -2.37. The van der Waals surface area contributed by atoms with Gasteiger partial charge in [-0.2, -0.15) is 0 Å². The first-order chi connectivity index (χ1) is 12.2. The number of hydrogen-bond acceptors (Lipinski definition) is 3. The van der Waals surface area contributed by atoms with Crippen LogP contribution < -0.4 is 10.6 Å². The molecule has 2 aromatic rings. The topological polar surface area (TPSA) is 58.2 Å². The normalized spacial score (nSPS) is 20.0. The van der Waals surface area contributed by atoms with Crippen molar-refractivity contribution >= 4 is 28.8 Å². The molecule has 25 heavy (non-hydrogen) atoms. The van der Waals surface area contributed by atoms with E-state index in [1.165, 1.54) is 30.6 Å². The number of thiophene rings is 1. The van der Waals surface area contributed by atoms with Crippen molar-refractivity contribution in [3.8, 4) is 0 Å². The van der Waals surface area contributed by atoms with Gasteiger partial charge in [-0.25, -0.2) is 0 Å². The van der Waals surface area contributed by atoms with Gasteiger partial charge in [0.05, 0.1) is 4.88 Å². The minimum Gasteiger partial charge on any atom is -0.349 e. The van der Waals surface area contributed by atoms with Gasteiger partial charge >= 0.3 is 0 Å². The first-order valence-electron chi connectivity index (χ1n) is 8.91. The molecule has 0 atom stereocenters. The molecule has 0 unspecified atom stereocenters. The molecule has 1 saturated carbocycles. The Morgan fingerprint density at radius 3 is 2.56 bits per heavy atom. The molecule has 1 aromatic heterocycles. The standard InChI is InChI=1S/C20H24N2O2S/c1-2-14-8-10-16(11-9-14)21-19(23)15-5-3-6-17(13-15)22-20(24)18-7-4-12-25-18/h3-7,12-14,16H,2,8-11H2,1H3,(H,21,23)(H,22,24). The summed E-state index contributed by atoms with van der Waals surface area (Å²) in [6.07, 6.45) is 5.72. The number of nitrogens with one attached hydrogen (secondary N) is 2. The highest BCUT2D eigenvalue weighted by atomic mass is 32.1. The van der Waals surface area contributed by atoms with Crippen molar-refractivity contribution in [3.05, 3.63) is 52.2 Å². The average molecular weight is 356 g/mol. The van der Waals surface area contributed by atoms with Gasteiger partial charge in [0.15, 0.2) is 0 Å². The minimum absolute atomic E-state index is 0.0628. The summed E-state index contributed by atoms with van der Waals surface area (Å²) in [6.45, 7) is 2.24. The highest BCUT2D eigenvalue weighted by Crippen LogP contribution is 2.26. The Labute approximate surface area is 152 Å². The van der Waals surface area contributed by atoms with Crippen LogP contribution in [0.15, 0.2) is 41.8 Å². The Bertz CT molecular complexity index is 719. The predicted molar refractivity (Wildman–Crippen MR) is 102 cm³/mol. The molecule has 0 saturated heterocycles. The maximum Gasteiger partial charge on any atom is 0.265 e. The monoisotopic (exact) mass is 356 g/mol. The molecular weight excluding hydrogens is 332 g/mol. The van der Waals surface area contributed by atoms with E-state index in [2.05, 4.69) is 17.6 Å². The van der Waals surface area contributed by atoms with Crippen molar-refractivity contribution in [1.82, 2.24) is 5.32 Å². The third-order valence-electron chi connectivity index (χ3n) is 4.89. The smallest absolute Gasteiger partial charge is 0.265 e. The second-order valence-electron chi connectivity index (χ2n) is 6.61. The van der Waals surface area contributed by atoms with E-state index in [1.807, 2.05) is 11.4 Å². The van der Waals surface area contributed by atoms with Crippen LogP contribution in [0, 0.1) is 5.92 Å². The van der Waals surface area contributed by atoms with Gasteiger partial charge in [-0.15, -0.1) is 11.3 Å². The van der Waals surface area contributed by atoms with Gasteiger partial charge in [0, 0.05) is 17.3 Å². The zero-order chi connectivity index (χ0) is 17.6. The average Bonchev–Trinajstić information content (AvgIpc) is 3.17. The first kappa shape index (κ1) is 17.7. The summed E-state index contributed by atoms with van der Waals surface area (Å²) >= 11 is 1.39. The van der Waals surface area contributed by atoms with Crippen LogP contribution in [-0.2, 0) is 0 Å². The molecule has 1 heterocycles. The van der Waals surface area contributed by atoms with E-state index in [-0.39, 0.29) is 17.9 Å². The second kappa shape index (κ2) is 8.30. The molecule has 1 aliphatic carbocycles. The first-order valence-corrected chi connectivity index (χ1v) is 9.79. The molecule has 1 aromatic carbocycles. The van der Waals surface area contributed by atoms with E-state index in [9.17, 15) is 9.59 Å². The lowest BCUT2D eigenvalue weighted by Gasteiger charge is -2.28. The maximum absolute atomic E-state index is 12.5. The van der Waals surface area contributed by atoms with Gasteiger partial charge < -0.3 is 10.6 Å². The fraction of sp³-hybridized carbons (Fsp3) is 0.400. The Morgan fingerprint density at radius 1 is 1.08 bits per heavy atom. The molecular formula is C20H24N2O2S. The van der Waals surface area contributed by atoms with E-state index >= 15 is 0 Å². The van der Waals surface area contributed by atoms with Crippen molar-refractivity contribution in [2.45, 2.75) is 45.1 Å². The van der Waals surface area contributed by atoms with E-state index < -0.39 is 0 Å². The van der Waals surface area contributed by atoms with Gasteiger partial charge in [0.25, 0.3) is 11.8 Å². The Kier molecular flexibility index (Phi) is 5.87. The Morgan fingerprint density at radius 2 is 1.88 bits per heavy atom. The highest BCUT2D eigenvalue weighted by Gasteiger charge is 2.21. The van der Waals surface area contributed by atoms with Crippen molar-refractivity contribution < 1.29 is 9.59 Å². The summed E-state index contributed by atoms with van der Waals surface area (Å²) in [5.41, 5.74) is 1.22. The molecule has 2 N–H and O–H groups in total. The highest BCUT2D eigenvalue weighted by molar-refractivity contribution is 7.12. The largest absolute Gasteiger partial charge is 0.349 e. The molecule has 0 radical (unpaired) electrons. The minimum atomic E-state index is -0.148. The van der Waals surface area contributed by atoms with E-state index in [1.54, 1.807) is 30.3 Å². The SMILES string of the molecule is CCC1CCC(NC(=O)c2cccc(NC(=O)c3cccs3)c2)CC1. The summed E-state index contributed by atoms with van der Waals surface area (Å²) in [4.78, 5) is 25.3. The van der Waals surface area contributed by atoms with Crippen LogP contribution in [0.1, 0.15) is 59.1 Å². The van der Waals surface area contributed by atoms with Crippen molar-refractivity contribution in [3.63, 3.8) is 0 Å². The van der Waals surface area contributed by atoms with Gasteiger partial charge in [0.2, 0.25) is 0 Å². The number of carbonyl (C=O) groups excluding carboxylic acids is 2. The number of rotatable bonds is 5. The Hall–Kier alpha value is -2.14. The van der Waals surface area contributed by atoms with Crippen LogP contribution >= 0.6 is 11.3 Å². The van der Waals surface area contributed by atoms with Crippen molar-refractivity contribution in [1.29, 1.82) is 0 Å². The fourth-order valence-corrected chi connectivity index (χ4v) is 3.94. The maximum atomic E-state index is 12.5. The quantitative estimate of drug-likeness (QED) is 0.816. The van der Waals surface area contributed by atoms with Crippen molar-refractivity contribution in [2.75, 3.05) is 5.32 Å². The van der Waals surface area contributed by atoms with E-state index in [4.69, 9.17) is 0 Å². The lowest BCUT2D eigenvalue weighted by atomic mass is 9.84. The molecule has 132 valence electrons. The molecule has 0 aliphatic heterocycles. The number of hydrogen-bond donors (Lipinski definition) is 2. The van der Waals surface area contributed by atoms with E-state index in [0.29, 0.717) is 16.1 Å². The van der Waals surface area contributed by atoms with Crippen LogP contribution in [0.2, 0.25) is 0 Å². The van der Waals surface area contributed by atoms with E-state index in [0.717, 1.165) is 18.8 Å². The van der Waals surface area contributed by atoms with Gasteiger partial charge in [0.1, 0.15) is 0 Å². The molecule has 0 bridgehead atoms. The fourth-order valence-electron chi connectivity index (χ4n) is 3.32. The Balaban J connectivity index is 1.59. The van der Waals surface area contributed by atoms with Crippen LogP contribution in [0.25, 0.3) is 0 Å². The van der Waals surface area contributed by atoms with Crippen LogP contribution in [0.3, 0.4) is 0 Å². The lowest BCUT2D eigenvalue weighted by molar-refractivity contribution is 0.0920. The van der Waals surface area contributed by atoms with Gasteiger partial charge in [-0.05, 0) is 61.2 Å². The number of anilines is 1. The molecule has 4 nitrogen and oxygen atoms in total. The number of benzene rings is 1. The molecule has 3 rings (SSSR count). The third kappa shape index (κ3) is 4.69.